The molecule has 0 radical (unpaired) electrons. The van der Waals surface area contributed by atoms with E-state index in [9.17, 15) is 9.90 Å². The number of hydrogen-bond donors (Lipinski definition) is 4. The van der Waals surface area contributed by atoms with Crippen LogP contribution in [-0.4, -0.2) is 24.9 Å². The number of ketones is 1. The highest BCUT2D eigenvalue weighted by Crippen LogP contribution is 2.46. The number of nitrogens with one attached hydrogen (secondary N) is 3. The Hall–Kier alpha value is -4.19. The van der Waals surface area contributed by atoms with Crippen LogP contribution in [0.15, 0.2) is 71.3 Å². The van der Waals surface area contributed by atoms with E-state index in [2.05, 4.69) is 64.2 Å². The van der Waals surface area contributed by atoms with Gasteiger partial charge in [0.1, 0.15) is 5.76 Å². The van der Waals surface area contributed by atoms with Crippen molar-refractivity contribution in [1.29, 1.82) is 0 Å². The minimum atomic E-state index is -0.110. The van der Waals surface area contributed by atoms with Crippen LogP contribution in [0.1, 0.15) is 69.8 Å². The molecule has 0 spiro atoms. The molecule has 0 atom stereocenters. The maximum Gasteiger partial charge on any atom is 0.395 e. The topological polar surface area (TPSA) is 85.8 Å². The number of rotatable bonds is 3. The van der Waals surface area contributed by atoms with Gasteiger partial charge in [-0.3, -0.25) is 4.79 Å². The predicted molar refractivity (Wildman–Crippen MR) is 183 cm³/mol. The monoisotopic (exact) mass is 578 g/mol. The Morgan fingerprint density at radius 2 is 1.34 bits per heavy atom. The first-order chi connectivity index (χ1) is 21.7. The number of carbonyl (C=O) groups is 1. The van der Waals surface area contributed by atoms with E-state index in [4.69, 9.17) is 4.90 Å². The van der Waals surface area contributed by atoms with Gasteiger partial charge in [-0.2, -0.15) is 0 Å². The van der Waals surface area contributed by atoms with Gasteiger partial charge in [0.25, 0.3) is 0 Å². The van der Waals surface area contributed by atoms with Crippen LogP contribution in [-0.2, 0) is 4.79 Å². The summed E-state index contributed by atoms with van der Waals surface area (Å²) in [6.45, 7) is 0.0787. The molecule has 2 fully saturated rings. The maximum atomic E-state index is 14.2. The van der Waals surface area contributed by atoms with Crippen LogP contribution in [0.5, 0.6) is 0 Å². The van der Waals surface area contributed by atoms with Crippen LogP contribution in [0.2, 0.25) is 11.6 Å². The number of Topliss-reactive ketones (excluding diaryl/α,β-unsaturated/α-hetero) is 1. The van der Waals surface area contributed by atoms with Crippen molar-refractivity contribution in [3.05, 3.63) is 82.6 Å². The van der Waals surface area contributed by atoms with Crippen molar-refractivity contribution in [3.63, 3.8) is 0 Å². The summed E-state index contributed by atoms with van der Waals surface area (Å²) in [7, 11) is 0. The normalized spacial score (nSPS) is 21.5. The molecule has 218 valence electrons. The van der Waals surface area contributed by atoms with Gasteiger partial charge in [-0.1, -0.05) is 113 Å². The predicted octanol–water partition coefficient (Wildman–Crippen LogP) is 7.22. The van der Waals surface area contributed by atoms with Gasteiger partial charge in [0, 0.05) is 38.6 Å². The first kappa shape index (κ1) is 26.2. The Morgan fingerprint density at radius 3 is 2.07 bits per heavy atom. The number of carbonyl (C=O) groups excluding carboxylic acids is 1. The Morgan fingerprint density at radius 1 is 0.682 bits per heavy atom. The van der Waals surface area contributed by atoms with Gasteiger partial charge in [0.2, 0.25) is 5.78 Å². The van der Waals surface area contributed by atoms with Crippen molar-refractivity contribution in [2.24, 2.45) is 4.90 Å². The van der Waals surface area contributed by atoms with Gasteiger partial charge in [0.05, 0.1) is 16.5 Å². The van der Waals surface area contributed by atoms with Gasteiger partial charge in [-0.05, 0) is 34.5 Å². The van der Waals surface area contributed by atoms with Crippen molar-refractivity contribution in [1.82, 2.24) is 0 Å². The van der Waals surface area contributed by atoms with Crippen molar-refractivity contribution < 1.29 is 9.90 Å². The molecule has 0 bridgehead atoms. The number of hydrogen-bond acceptors (Lipinski definition) is 6. The average Bonchev–Trinajstić information content (AvgIpc) is 3.08. The lowest BCUT2D eigenvalue weighted by molar-refractivity contribution is -0.109. The van der Waals surface area contributed by atoms with Gasteiger partial charge in [0.15, 0.2) is 0 Å². The largest absolute Gasteiger partial charge is 0.506 e. The molecule has 9 rings (SSSR count). The van der Waals surface area contributed by atoms with E-state index < -0.39 is 0 Å². The minimum Gasteiger partial charge on any atom is -0.506 e. The zero-order valence-corrected chi connectivity index (χ0v) is 25.0. The summed E-state index contributed by atoms with van der Waals surface area (Å²) in [6.07, 6.45) is 12.3. The molecule has 4 aromatic carbocycles. The lowest BCUT2D eigenvalue weighted by Gasteiger charge is -2.35. The number of nitrogens with zero attached hydrogens (tertiary/aromatic N) is 1. The fourth-order valence-electron chi connectivity index (χ4n) is 8.64. The molecule has 2 saturated carbocycles. The lowest BCUT2D eigenvalue weighted by Crippen LogP contribution is -2.43. The smallest absolute Gasteiger partial charge is 0.395 e. The van der Waals surface area contributed by atoms with E-state index in [0.29, 0.717) is 22.8 Å². The standard InChI is InChI=1S/C36H36B2N4O2/c43-35-31(25-19-17-21-9-7-15-27-29(21)33(25)41-37(39-27)23-11-3-1-4-12-23)36(44)32(35)26-20-18-22-10-8-16-28-30(22)34(26)42-38(40-28)24-13-5-2-6-14-24/h7-10,15-20,23-24,39-41,43H,1-6,11-14H2/b32-26-. The van der Waals surface area contributed by atoms with E-state index >= 15 is 0 Å². The van der Waals surface area contributed by atoms with Crippen molar-refractivity contribution in [2.45, 2.75) is 75.8 Å². The van der Waals surface area contributed by atoms with Gasteiger partial charge in [-0.25, -0.2) is 0 Å². The molecular formula is C36H36B2N4O2. The fraction of sp³-hybridized carbons (Fsp3) is 0.333. The highest BCUT2D eigenvalue weighted by Gasteiger charge is 2.40. The first-order valence-corrected chi connectivity index (χ1v) is 16.6. The quantitative estimate of drug-likeness (QED) is 0.193. The molecule has 6 nitrogen and oxygen atoms in total. The van der Waals surface area contributed by atoms with Crippen LogP contribution in [0, 0.1) is 0 Å². The van der Waals surface area contributed by atoms with E-state index in [1.54, 1.807) is 0 Å². The zero-order valence-electron chi connectivity index (χ0n) is 25.0. The lowest BCUT2D eigenvalue weighted by atomic mass is 9.55. The molecule has 0 unspecified atom stereocenters. The van der Waals surface area contributed by atoms with Crippen molar-refractivity contribution in [3.8, 4) is 0 Å². The summed E-state index contributed by atoms with van der Waals surface area (Å²) in [6, 6.07) is 20.7. The second kappa shape index (κ2) is 10.2. The highest BCUT2D eigenvalue weighted by molar-refractivity contribution is 6.69. The number of anilines is 3. The van der Waals surface area contributed by atoms with Gasteiger partial charge >= 0.3 is 14.0 Å². The van der Waals surface area contributed by atoms with E-state index in [1.165, 1.54) is 51.4 Å². The third-order valence-corrected chi connectivity index (χ3v) is 10.9. The van der Waals surface area contributed by atoms with Crippen LogP contribution >= 0.6 is 0 Å². The highest BCUT2D eigenvalue weighted by atomic mass is 16.3. The molecule has 0 amide bonds. The minimum absolute atomic E-state index is 0.0206. The summed E-state index contributed by atoms with van der Waals surface area (Å²) < 4.78 is 0. The van der Waals surface area contributed by atoms with Gasteiger partial charge < -0.3 is 25.7 Å². The zero-order chi connectivity index (χ0) is 29.4. The summed E-state index contributed by atoms with van der Waals surface area (Å²) in [4.78, 5) is 19.5. The van der Waals surface area contributed by atoms with Crippen LogP contribution in [0.4, 0.5) is 17.1 Å². The Labute approximate surface area is 258 Å². The summed E-state index contributed by atoms with van der Waals surface area (Å²) in [5, 5.41) is 28.9. The molecule has 0 aromatic heterocycles. The average molecular weight is 578 g/mol. The molecule has 4 N–H and O–H groups in total. The number of allylic oxidation sites excluding steroid dienone is 2. The molecule has 44 heavy (non-hydrogen) atoms. The Kier molecular flexibility index (Phi) is 6.07. The molecule has 5 aliphatic rings. The molecular weight excluding hydrogens is 542 g/mol. The summed E-state index contributed by atoms with van der Waals surface area (Å²) in [5.41, 5.74) is 4.69. The first-order valence-electron chi connectivity index (χ1n) is 16.6. The van der Waals surface area contributed by atoms with E-state index in [-0.39, 0.29) is 25.5 Å². The molecule has 4 aromatic rings. The Balaban J connectivity index is 1.21. The SMILES string of the molecule is O=C1C(c2ccc3cccc4c3c2NB(C2CCCCC2)N4)=C(O)/C1=c1\ccc2cccc3c2c1=NB(C1CCCCC1)N3. The maximum absolute atomic E-state index is 14.2. The molecule has 2 heterocycles. The number of aliphatic hydroxyl groups excluding tert-OH is 1. The molecule has 0 saturated heterocycles. The van der Waals surface area contributed by atoms with Crippen molar-refractivity contribution in [2.75, 3.05) is 15.7 Å². The van der Waals surface area contributed by atoms with Gasteiger partial charge in [-0.15, -0.1) is 0 Å². The molecule has 8 heteroatoms. The number of benzene rings is 4. The van der Waals surface area contributed by atoms with Crippen LogP contribution in [0.25, 0.3) is 32.7 Å². The second-order valence-electron chi connectivity index (χ2n) is 13.5. The summed E-state index contributed by atoms with van der Waals surface area (Å²) >= 11 is 0. The van der Waals surface area contributed by atoms with E-state index in [0.717, 1.165) is 67.6 Å². The van der Waals surface area contributed by atoms with Crippen LogP contribution in [0.3, 0.4) is 0 Å². The van der Waals surface area contributed by atoms with Crippen LogP contribution < -0.4 is 26.3 Å². The fourth-order valence-corrected chi connectivity index (χ4v) is 8.64. The third-order valence-electron chi connectivity index (χ3n) is 10.9. The summed E-state index contributed by atoms with van der Waals surface area (Å²) in [5.74, 6) is 0.961. The van der Waals surface area contributed by atoms with Crippen molar-refractivity contribution >= 4 is 69.5 Å². The Bertz CT molecular complexity index is 2030. The molecule has 3 aliphatic carbocycles. The van der Waals surface area contributed by atoms with E-state index in [1.807, 2.05) is 12.1 Å². The molecule has 2 aliphatic heterocycles. The third kappa shape index (κ3) is 3.96. The number of aliphatic hydroxyl groups is 1. The second-order valence-corrected chi connectivity index (χ2v) is 13.5.